The van der Waals surface area contributed by atoms with Crippen molar-refractivity contribution in [1.82, 2.24) is 4.90 Å². The van der Waals surface area contributed by atoms with Crippen LogP contribution in [0.1, 0.15) is 45.6 Å². The van der Waals surface area contributed by atoms with E-state index >= 15 is 0 Å². The van der Waals surface area contributed by atoms with Gasteiger partial charge in [0.2, 0.25) is 0 Å². The standard InChI is InChI=1S/C21H26N2O5/c1-21(2,3)28-19(25)18-16(17(24)11-12-22)10-7-13-23(18)20(26)27-14-15-8-5-4-6-9-15/h4-6,8-9,16,18H,7,10-11,13-14H2,1-3H3. The first-order valence-corrected chi connectivity index (χ1v) is 9.33. The van der Waals surface area contributed by atoms with Gasteiger partial charge in [-0.2, -0.15) is 5.26 Å². The zero-order valence-electron chi connectivity index (χ0n) is 16.5. The Kier molecular flexibility index (Phi) is 7.16. The van der Waals surface area contributed by atoms with Crippen LogP contribution in [0, 0.1) is 17.2 Å². The molecule has 2 unspecified atom stereocenters. The van der Waals surface area contributed by atoms with Gasteiger partial charge in [0.15, 0.2) is 5.78 Å². The average molecular weight is 386 g/mol. The Morgan fingerprint density at radius 2 is 1.89 bits per heavy atom. The molecule has 1 aliphatic rings. The summed E-state index contributed by atoms with van der Waals surface area (Å²) < 4.78 is 10.8. The Morgan fingerprint density at radius 3 is 2.50 bits per heavy atom. The third-order valence-electron chi connectivity index (χ3n) is 4.39. The summed E-state index contributed by atoms with van der Waals surface area (Å²) in [5, 5.41) is 8.87. The normalized spacial score (nSPS) is 19.4. The number of hydrogen-bond acceptors (Lipinski definition) is 6. The van der Waals surface area contributed by atoms with Crippen molar-refractivity contribution in [2.24, 2.45) is 5.92 Å². The lowest BCUT2D eigenvalue weighted by Gasteiger charge is -2.39. The largest absolute Gasteiger partial charge is 0.458 e. The molecule has 7 heteroatoms. The molecule has 1 fully saturated rings. The van der Waals surface area contributed by atoms with Crippen LogP contribution in [0.2, 0.25) is 0 Å². The fourth-order valence-electron chi connectivity index (χ4n) is 3.20. The Bertz CT molecular complexity index is 748. The molecule has 0 aromatic heterocycles. The van der Waals surface area contributed by atoms with Gasteiger partial charge in [0.1, 0.15) is 18.2 Å². The molecule has 1 aromatic carbocycles. The molecule has 2 atom stereocenters. The Labute approximate surface area is 165 Å². The zero-order chi connectivity index (χ0) is 20.7. The maximum atomic E-state index is 12.8. The Balaban J connectivity index is 2.20. The van der Waals surface area contributed by atoms with Crippen LogP contribution in [0.25, 0.3) is 0 Å². The van der Waals surface area contributed by atoms with Crippen molar-refractivity contribution in [2.75, 3.05) is 6.54 Å². The molecule has 28 heavy (non-hydrogen) atoms. The number of ether oxygens (including phenoxy) is 2. The van der Waals surface area contributed by atoms with Crippen LogP contribution in [0.3, 0.4) is 0 Å². The summed E-state index contributed by atoms with van der Waals surface area (Å²) in [6.07, 6.45) is -0.0140. The maximum Gasteiger partial charge on any atom is 0.410 e. The van der Waals surface area contributed by atoms with Crippen LogP contribution in [0.5, 0.6) is 0 Å². The fraction of sp³-hybridized carbons (Fsp3) is 0.524. The minimum Gasteiger partial charge on any atom is -0.458 e. The SMILES string of the molecule is CC(C)(C)OC(=O)C1C(C(=O)CC#N)CCCN1C(=O)OCc1ccccc1. The molecule has 1 aromatic rings. The number of amides is 1. The maximum absolute atomic E-state index is 12.8. The van der Waals surface area contributed by atoms with E-state index in [1.807, 2.05) is 36.4 Å². The van der Waals surface area contributed by atoms with E-state index in [2.05, 4.69) is 0 Å². The van der Waals surface area contributed by atoms with Crippen molar-refractivity contribution in [1.29, 1.82) is 5.26 Å². The molecule has 1 amide bonds. The number of carbonyl (C=O) groups is 3. The second-order valence-electron chi connectivity index (χ2n) is 7.76. The van der Waals surface area contributed by atoms with Gasteiger partial charge in [-0.3, -0.25) is 9.69 Å². The number of Topliss-reactive ketones (excluding diaryl/α,β-unsaturated/α-hetero) is 1. The Hall–Kier alpha value is -2.88. The minimum atomic E-state index is -1.09. The number of nitriles is 1. The van der Waals surface area contributed by atoms with Crippen molar-refractivity contribution in [3.63, 3.8) is 0 Å². The highest BCUT2D eigenvalue weighted by molar-refractivity contribution is 5.92. The first-order valence-electron chi connectivity index (χ1n) is 9.33. The molecular weight excluding hydrogens is 360 g/mol. The molecule has 0 aliphatic carbocycles. The topological polar surface area (TPSA) is 96.7 Å². The fourth-order valence-corrected chi connectivity index (χ4v) is 3.20. The lowest BCUT2D eigenvalue weighted by atomic mass is 9.84. The van der Waals surface area contributed by atoms with Crippen LogP contribution in [-0.4, -0.2) is 40.9 Å². The van der Waals surface area contributed by atoms with Gasteiger partial charge in [0, 0.05) is 6.54 Å². The number of rotatable bonds is 5. The molecule has 0 N–H and O–H groups in total. The van der Waals surface area contributed by atoms with Crippen molar-refractivity contribution in [2.45, 2.75) is 58.3 Å². The van der Waals surface area contributed by atoms with Gasteiger partial charge in [-0.25, -0.2) is 9.59 Å². The molecule has 7 nitrogen and oxygen atoms in total. The quantitative estimate of drug-likeness (QED) is 0.721. The minimum absolute atomic E-state index is 0.0635. The van der Waals surface area contributed by atoms with E-state index in [4.69, 9.17) is 14.7 Å². The molecule has 1 aliphatic heterocycles. The highest BCUT2D eigenvalue weighted by Crippen LogP contribution is 2.28. The number of esters is 1. The first-order chi connectivity index (χ1) is 13.2. The average Bonchev–Trinajstić information content (AvgIpc) is 2.65. The number of ketones is 1. The molecule has 150 valence electrons. The number of carbonyl (C=O) groups excluding carboxylic acids is 3. The molecule has 2 rings (SSSR count). The van der Waals surface area contributed by atoms with Gasteiger partial charge < -0.3 is 9.47 Å². The number of nitrogens with zero attached hydrogens (tertiary/aromatic N) is 2. The summed E-state index contributed by atoms with van der Waals surface area (Å²) in [6, 6.07) is 9.93. The second kappa shape index (κ2) is 9.36. The van der Waals surface area contributed by atoms with Gasteiger partial charge in [0.25, 0.3) is 0 Å². The van der Waals surface area contributed by atoms with Gasteiger partial charge >= 0.3 is 12.1 Å². The van der Waals surface area contributed by atoms with Crippen molar-refractivity contribution < 1.29 is 23.9 Å². The zero-order valence-corrected chi connectivity index (χ0v) is 16.5. The lowest BCUT2D eigenvalue weighted by molar-refractivity contribution is -0.166. The summed E-state index contributed by atoms with van der Waals surface area (Å²) in [5.74, 6) is -1.79. The van der Waals surface area contributed by atoms with E-state index < -0.39 is 29.6 Å². The molecule has 1 heterocycles. The van der Waals surface area contributed by atoms with Crippen LogP contribution in [0.15, 0.2) is 30.3 Å². The summed E-state index contributed by atoms with van der Waals surface area (Å²) in [7, 11) is 0. The lowest BCUT2D eigenvalue weighted by Crippen LogP contribution is -2.56. The van der Waals surface area contributed by atoms with Crippen LogP contribution >= 0.6 is 0 Å². The van der Waals surface area contributed by atoms with Gasteiger partial charge in [-0.1, -0.05) is 30.3 Å². The highest BCUT2D eigenvalue weighted by atomic mass is 16.6. The Morgan fingerprint density at radius 1 is 1.21 bits per heavy atom. The molecular formula is C21H26N2O5. The third-order valence-corrected chi connectivity index (χ3v) is 4.39. The summed E-state index contributed by atoms with van der Waals surface area (Å²) in [6.45, 7) is 5.51. The smallest absolute Gasteiger partial charge is 0.410 e. The number of hydrogen-bond donors (Lipinski definition) is 0. The summed E-state index contributed by atoms with van der Waals surface area (Å²) in [4.78, 5) is 39.2. The van der Waals surface area contributed by atoms with E-state index in [9.17, 15) is 14.4 Å². The number of likely N-dealkylation sites (tertiary alicyclic amines) is 1. The van der Waals surface area contributed by atoms with E-state index in [-0.39, 0.29) is 25.4 Å². The summed E-state index contributed by atoms with van der Waals surface area (Å²) >= 11 is 0. The van der Waals surface area contributed by atoms with Gasteiger partial charge in [0.05, 0.1) is 18.4 Å². The third kappa shape index (κ3) is 5.81. The highest BCUT2D eigenvalue weighted by Gasteiger charge is 2.45. The number of benzene rings is 1. The van der Waals surface area contributed by atoms with Crippen molar-refractivity contribution >= 4 is 17.8 Å². The van der Waals surface area contributed by atoms with Crippen LogP contribution in [-0.2, 0) is 25.7 Å². The van der Waals surface area contributed by atoms with Crippen LogP contribution < -0.4 is 0 Å². The van der Waals surface area contributed by atoms with E-state index in [0.717, 1.165) is 5.56 Å². The van der Waals surface area contributed by atoms with E-state index in [0.29, 0.717) is 12.8 Å². The monoisotopic (exact) mass is 386 g/mol. The number of piperidine rings is 1. The van der Waals surface area contributed by atoms with Gasteiger partial charge in [-0.05, 0) is 39.2 Å². The van der Waals surface area contributed by atoms with Gasteiger partial charge in [-0.15, -0.1) is 0 Å². The molecule has 1 saturated heterocycles. The first kappa shape index (κ1) is 21.4. The summed E-state index contributed by atoms with van der Waals surface area (Å²) in [5.41, 5.74) is 0.0514. The molecule has 0 radical (unpaired) electrons. The molecule has 0 spiro atoms. The van der Waals surface area contributed by atoms with Crippen molar-refractivity contribution in [3.05, 3.63) is 35.9 Å². The molecule has 0 bridgehead atoms. The van der Waals surface area contributed by atoms with E-state index in [1.165, 1.54) is 4.90 Å². The predicted molar refractivity (Wildman–Crippen MR) is 101 cm³/mol. The molecule has 0 saturated carbocycles. The van der Waals surface area contributed by atoms with Crippen molar-refractivity contribution in [3.8, 4) is 6.07 Å². The van der Waals surface area contributed by atoms with Crippen LogP contribution in [0.4, 0.5) is 4.79 Å². The second-order valence-corrected chi connectivity index (χ2v) is 7.76. The van der Waals surface area contributed by atoms with E-state index in [1.54, 1.807) is 20.8 Å². The predicted octanol–water partition coefficient (Wildman–Crippen LogP) is 3.23.